The van der Waals surface area contributed by atoms with Crippen LogP contribution in [0.3, 0.4) is 0 Å². The van der Waals surface area contributed by atoms with Gasteiger partial charge in [0.2, 0.25) is 10.0 Å². The topological polar surface area (TPSA) is 95.5 Å². The molecular weight excluding hydrogens is 386 g/mol. The summed E-state index contributed by atoms with van der Waals surface area (Å²) in [4.78, 5) is 9.13. The van der Waals surface area contributed by atoms with Crippen LogP contribution < -0.4 is 15.4 Å². The zero-order valence-corrected chi connectivity index (χ0v) is 18.4. The average Bonchev–Trinajstić information content (AvgIpc) is 2.65. The van der Waals surface area contributed by atoms with Crippen molar-refractivity contribution in [2.75, 3.05) is 13.1 Å². The zero-order chi connectivity index (χ0) is 21.3. The number of nitrogens with zero attached hydrogens (tertiary/aromatic N) is 2. The van der Waals surface area contributed by atoms with Crippen molar-refractivity contribution >= 4 is 16.0 Å². The third-order valence-electron chi connectivity index (χ3n) is 3.85. The Morgan fingerprint density at radius 2 is 1.79 bits per heavy atom. The largest absolute Gasteiger partial charge is 0.357 e. The van der Waals surface area contributed by atoms with Crippen molar-refractivity contribution in [1.29, 1.82) is 0 Å². The van der Waals surface area contributed by atoms with Crippen LogP contribution in [-0.4, -0.2) is 38.0 Å². The molecule has 0 saturated heterocycles. The van der Waals surface area contributed by atoms with Gasteiger partial charge in [-0.1, -0.05) is 24.3 Å². The molecule has 0 bridgehead atoms. The van der Waals surface area contributed by atoms with E-state index in [-0.39, 0.29) is 11.4 Å². The highest BCUT2D eigenvalue weighted by molar-refractivity contribution is 7.89. The molecule has 2 rings (SSSR count). The molecule has 0 spiro atoms. The lowest BCUT2D eigenvalue weighted by atomic mass is 10.1. The fourth-order valence-corrected chi connectivity index (χ4v) is 4.37. The van der Waals surface area contributed by atoms with Gasteiger partial charge in [0.25, 0.3) is 0 Å². The van der Waals surface area contributed by atoms with E-state index in [2.05, 4.69) is 25.3 Å². The minimum absolute atomic E-state index is 0.250. The molecule has 0 aliphatic heterocycles. The summed E-state index contributed by atoms with van der Waals surface area (Å²) in [5.74, 6) is 0.638. The zero-order valence-electron chi connectivity index (χ0n) is 17.6. The molecule has 0 aliphatic carbocycles. The summed E-state index contributed by atoms with van der Waals surface area (Å²) in [5, 5.41) is 6.46. The number of hydrogen-bond acceptors (Lipinski definition) is 4. The van der Waals surface area contributed by atoms with E-state index < -0.39 is 15.6 Å². The maximum atomic E-state index is 12.8. The first kappa shape index (κ1) is 22.8. The van der Waals surface area contributed by atoms with Crippen LogP contribution in [0.5, 0.6) is 0 Å². The highest BCUT2D eigenvalue weighted by Crippen LogP contribution is 2.18. The molecule has 0 amide bonds. The Kier molecular flexibility index (Phi) is 8.16. The van der Waals surface area contributed by atoms with Gasteiger partial charge in [-0.05, 0) is 51.5 Å². The van der Waals surface area contributed by atoms with Crippen LogP contribution in [0.25, 0.3) is 0 Å². The van der Waals surface area contributed by atoms with E-state index >= 15 is 0 Å². The number of aliphatic imine (C=N–C) groups is 1. The van der Waals surface area contributed by atoms with E-state index in [0.29, 0.717) is 24.6 Å². The van der Waals surface area contributed by atoms with Gasteiger partial charge in [0.1, 0.15) is 0 Å². The lowest BCUT2D eigenvalue weighted by molar-refractivity contribution is 0.491. The van der Waals surface area contributed by atoms with Gasteiger partial charge in [-0.3, -0.25) is 4.98 Å². The SMILES string of the molecule is CCNC(=NCc1ccccc1S(=O)(=O)NC(C)(C)C)NCCc1ccccn1. The van der Waals surface area contributed by atoms with Gasteiger partial charge >= 0.3 is 0 Å². The molecule has 0 radical (unpaired) electrons. The summed E-state index contributed by atoms with van der Waals surface area (Å²) in [7, 11) is -3.63. The van der Waals surface area contributed by atoms with Crippen LogP contribution in [0.2, 0.25) is 0 Å². The van der Waals surface area contributed by atoms with Crippen molar-refractivity contribution < 1.29 is 8.42 Å². The van der Waals surface area contributed by atoms with Crippen molar-refractivity contribution in [3.63, 3.8) is 0 Å². The van der Waals surface area contributed by atoms with Crippen LogP contribution in [0, 0.1) is 0 Å². The number of guanidine groups is 1. The maximum absolute atomic E-state index is 12.8. The molecule has 1 aromatic carbocycles. The fourth-order valence-electron chi connectivity index (χ4n) is 2.72. The normalized spacial score (nSPS) is 12.6. The smallest absolute Gasteiger partial charge is 0.241 e. The average molecular weight is 418 g/mol. The van der Waals surface area contributed by atoms with Gasteiger partial charge in [0.05, 0.1) is 11.4 Å². The van der Waals surface area contributed by atoms with E-state index in [1.165, 1.54) is 0 Å². The van der Waals surface area contributed by atoms with Crippen LogP contribution >= 0.6 is 0 Å². The third-order valence-corrected chi connectivity index (χ3v) is 5.71. The van der Waals surface area contributed by atoms with E-state index in [1.54, 1.807) is 24.4 Å². The molecule has 0 fully saturated rings. The number of aromatic nitrogens is 1. The summed E-state index contributed by atoms with van der Waals surface area (Å²) in [6.07, 6.45) is 2.54. The first-order valence-electron chi connectivity index (χ1n) is 9.75. The van der Waals surface area contributed by atoms with E-state index in [0.717, 1.165) is 12.1 Å². The minimum atomic E-state index is -3.63. The molecule has 1 heterocycles. The number of sulfonamides is 1. The van der Waals surface area contributed by atoms with Crippen LogP contribution in [0.1, 0.15) is 39.0 Å². The predicted octanol–water partition coefficient (Wildman–Crippen LogP) is 2.46. The number of hydrogen-bond donors (Lipinski definition) is 3. The standard InChI is InChI=1S/C21H31N5O2S/c1-5-22-20(24-15-13-18-11-8-9-14-23-18)25-16-17-10-6-7-12-19(17)29(27,28)26-21(2,3)4/h6-12,14,26H,5,13,15-16H2,1-4H3,(H2,22,24,25). The second-order valence-electron chi connectivity index (χ2n) is 7.66. The summed E-state index contributed by atoms with van der Waals surface area (Å²) in [5.41, 5.74) is 1.09. The van der Waals surface area contributed by atoms with Crippen LogP contribution in [0.15, 0.2) is 58.5 Å². The summed E-state index contributed by atoms with van der Waals surface area (Å²) >= 11 is 0. The van der Waals surface area contributed by atoms with Crippen molar-refractivity contribution in [2.45, 2.75) is 51.1 Å². The molecule has 3 N–H and O–H groups in total. The molecule has 29 heavy (non-hydrogen) atoms. The Morgan fingerprint density at radius 1 is 1.07 bits per heavy atom. The highest BCUT2D eigenvalue weighted by Gasteiger charge is 2.24. The quantitative estimate of drug-likeness (QED) is 0.453. The Hall–Kier alpha value is -2.45. The van der Waals surface area contributed by atoms with Crippen molar-refractivity contribution in [2.24, 2.45) is 4.99 Å². The molecule has 0 aliphatic rings. The Morgan fingerprint density at radius 3 is 2.45 bits per heavy atom. The summed E-state index contributed by atoms with van der Waals surface area (Å²) in [6, 6.07) is 12.8. The number of benzene rings is 1. The first-order chi connectivity index (χ1) is 13.7. The molecule has 2 aromatic rings. The second kappa shape index (κ2) is 10.4. The van der Waals surface area contributed by atoms with Gasteiger partial charge in [-0.15, -0.1) is 0 Å². The van der Waals surface area contributed by atoms with Crippen LogP contribution in [0.4, 0.5) is 0 Å². The van der Waals surface area contributed by atoms with E-state index in [1.807, 2.05) is 52.0 Å². The lowest BCUT2D eigenvalue weighted by Crippen LogP contribution is -2.41. The van der Waals surface area contributed by atoms with Crippen molar-refractivity contribution in [1.82, 2.24) is 20.3 Å². The maximum Gasteiger partial charge on any atom is 0.241 e. The fraction of sp³-hybridized carbons (Fsp3) is 0.429. The first-order valence-corrected chi connectivity index (χ1v) is 11.2. The van der Waals surface area contributed by atoms with Gasteiger partial charge < -0.3 is 10.6 Å². The molecule has 7 nitrogen and oxygen atoms in total. The van der Waals surface area contributed by atoms with Crippen LogP contribution in [-0.2, 0) is 23.0 Å². The molecule has 158 valence electrons. The Bertz CT molecular complexity index is 906. The van der Waals surface area contributed by atoms with E-state index in [9.17, 15) is 8.42 Å². The highest BCUT2D eigenvalue weighted by atomic mass is 32.2. The number of nitrogens with one attached hydrogen (secondary N) is 3. The van der Waals surface area contributed by atoms with Gasteiger partial charge in [-0.25, -0.2) is 18.1 Å². The third kappa shape index (κ3) is 7.83. The van der Waals surface area contributed by atoms with Crippen molar-refractivity contribution in [3.05, 3.63) is 59.9 Å². The molecular formula is C21H31N5O2S. The summed E-state index contributed by atoms with van der Waals surface area (Å²) in [6.45, 7) is 9.08. The predicted molar refractivity (Wildman–Crippen MR) is 117 cm³/mol. The van der Waals surface area contributed by atoms with Crippen molar-refractivity contribution in [3.8, 4) is 0 Å². The molecule has 0 atom stereocenters. The van der Waals surface area contributed by atoms with E-state index in [4.69, 9.17) is 0 Å². The van der Waals surface area contributed by atoms with Gasteiger partial charge in [0.15, 0.2) is 5.96 Å². The second-order valence-corrected chi connectivity index (χ2v) is 9.31. The lowest BCUT2D eigenvalue weighted by Gasteiger charge is -2.21. The Labute approximate surface area is 174 Å². The monoisotopic (exact) mass is 417 g/mol. The molecule has 0 unspecified atom stereocenters. The van der Waals surface area contributed by atoms with Gasteiger partial charge in [-0.2, -0.15) is 0 Å². The summed E-state index contributed by atoms with van der Waals surface area (Å²) < 4.78 is 28.2. The minimum Gasteiger partial charge on any atom is -0.357 e. The molecule has 1 aromatic heterocycles. The Balaban J connectivity index is 2.10. The molecule has 8 heteroatoms. The molecule has 0 saturated carbocycles. The number of pyridine rings is 1. The number of rotatable bonds is 8. The van der Waals surface area contributed by atoms with Gasteiger partial charge in [0, 0.05) is 36.9 Å².